The largest absolute Gasteiger partial charge is 0.357 e. The molecule has 3 heteroatoms. The molecule has 1 heterocycles. The van der Waals surface area contributed by atoms with Gasteiger partial charge in [-0.15, -0.1) is 0 Å². The molecule has 0 saturated carbocycles. The molecular formula is C14H14N2O. The minimum absolute atomic E-state index is 0.0307. The van der Waals surface area contributed by atoms with Gasteiger partial charge in [0.2, 0.25) is 0 Å². The number of pyridine rings is 1. The minimum atomic E-state index is 0.0307. The monoisotopic (exact) mass is 226 g/mol. The van der Waals surface area contributed by atoms with E-state index in [0.717, 1.165) is 22.3 Å². The van der Waals surface area contributed by atoms with Gasteiger partial charge in [-0.05, 0) is 32.1 Å². The van der Waals surface area contributed by atoms with Crippen LogP contribution >= 0.6 is 0 Å². The summed E-state index contributed by atoms with van der Waals surface area (Å²) in [6.07, 6.45) is 3.33. The molecule has 17 heavy (non-hydrogen) atoms. The SMILES string of the molecule is CC(=O)C=C(C)Nc1cccc2cccnc12. The molecule has 0 aliphatic rings. The van der Waals surface area contributed by atoms with Gasteiger partial charge in [-0.1, -0.05) is 18.2 Å². The van der Waals surface area contributed by atoms with Gasteiger partial charge in [0.05, 0.1) is 11.2 Å². The number of anilines is 1. The number of carbonyl (C=O) groups is 1. The summed E-state index contributed by atoms with van der Waals surface area (Å²) in [5.74, 6) is 0.0307. The summed E-state index contributed by atoms with van der Waals surface area (Å²) in [6, 6.07) is 9.85. The number of hydrogen-bond acceptors (Lipinski definition) is 3. The highest BCUT2D eigenvalue weighted by Gasteiger charge is 2.01. The van der Waals surface area contributed by atoms with E-state index in [-0.39, 0.29) is 5.78 Å². The van der Waals surface area contributed by atoms with Crippen LogP contribution in [0.1, 0.15) is 13.8 Å². The molecule has 86 valence electrons. The molecule has 0 amide bonds. The lowest BCUT2D eigenvalue weighted by Crippen LogP contribution is -1.99. The molecule has 1 aromatic carbocycles. The van der Waals surface area contributed by atoms with E-state index in [1.165, 1.54) is 6.92 Å². The number of allylic oxidation sites excluding steroid dienone is 2. The number of para-hydroxylation sites is 1. The van der Waals surface area contributed by atoms with E-state index < -0.39 is 0 Å². The molecule has 0 aliphatic carbocycles. The van der Waals surface area contributed by atoms with Crippen molar-refractivity contribution in [2.75, 3.05) is 5.32 Å². The highest BCUT2D eigenvalue weighted by Crippen LogP contribution is 2.21. The fourth-order valence-electron chi connectivity index (χ4n) is 1.76. The Bertz CT molecular complexity index is 582. The molecule has 0 unspecified atom stereocenters. The number of hydrogen-bond donors (Lipinski definition) is 1. The lowest BCUT2D eigenvalue weighted by molar-refractivity contribution is -0.112. The van der Waals surface area contributed by atoms with Crippen molar-refractivity contribution in [3.63, 3.8) is 0 Å². The Morgan fingerprint density at radius 2 is 2.00 bits per heavy atom. The Morgan fingerprint density at radius 1 is 1.24 bits per heavy atom. The molecule has 1 aromatic heterocycles. The second-order valence-electron chi connectivity index (χ2n) is 3.94. The van der Waals surface area contributed by atoms with Gasteiger partial charge in [-0.2, -0.15) is 0 Å². The van der Waals surface area contributed by atoms with Crippen LogP contribution in [-0.2, 0) is 4.79 Å². The predicted octanol–water partition coefficient (Wildman–Crippen LogP) is 3.14. The number of ketones is 1. The lowest BCUT2D eigenvalue weighted by atomic mass is 10.2. The molecule has 1 N–H and O–H groups in total. The van der Waals surface area contributed by atoms with Crippen LogP contribution < -0.4 is 5.32 Å². The maximum atomic E-state index is 11.0. The highest BCUT2D eigenvalue weighted by molar-refractivity contribution is 5.92. The number of fused-ring (bicyclic) bond motifs is 1. The highest BCUT2D eigenvalue weighted by atomic mass is 16.1. The van der Waals surface area contributed by atoms with Crippen LogP contribution in [0.25, 0.3) is 10.9 Å². The van der Waals surface area contributed by atoms with Crippen molar-refractivity contribution in [3.8, 4) is 0 Å². The summed E-state index contributed by atoms with van der Waals surface area (Å²) in [7, 11) is 0. The Morgan fingerprint density at radius 3 is 2.76 bits per heavy atom. The van der Waals surface area contributed by atoms with Gasteiger partial charge in [0, 0.05) is 17.3 Å². The van der Waals surface area contributed by atoms with E-state index >= 15 is 0 Å². The van der Waals surface area contributed by atoms with Crippen LogP contribution in [0, 0.1) is 0 Å². The van der Waals surface area contributed by atoms with Crippen molar-refractivity contribution in [1.82, 2.24) is 4.98 Å². The molecule has 0 spiro atoms. The molecule has 3 nitrogen and oxygen atoms in total. The van der Waals surface area contributed by atoms with Crippen molar-refractivity contribution < 1.29 is 4.79 Å². The van der Waals surface area contributed by atoms with Gasteiger partial charge >= 0.3 is 0 Å². The Kier molecular flexibility index (Phi) is 3.19. The first-order chi connectivity index (χ1) is 8.16. The van der Waals surface area contributed by atoms with E-state index in [9.17, 15) is 4.79 Å². The third-order valence-corrected chi connectivity index (χ3v) is 2.38. The van der Waals surface area contributed by atoms with Gasteiger partial charge in [0.1, 0.15) is 0 Å². The average Bonchev–Trinajstić information content (AvgIpc) is 2.28. The van der Waals surface area contributed by atoms with Crippen LogP contribution in [0.15, 0.2) is 48.3 Å². The number of rotatable bonds is 3. The van der Waals surface area contributed by atoms with Gasteiger partial charge in [-0.25, -0.2) is 0 Å². The topological polar surface area (TPSA) is 42.0 Å². The molecule has 0 bridgehead atoms. The number of carbonyl (C=O) groups excluding carboxylic acids is 1. The first-order valence-electron chi connectivity index (χ1n) is 5.46. The Hall–Kier alpha value is -2.16. The van der Waals surface area contributed by atoms with Crippen molar-refractivity contribution >= 4 is 22.4 Å². The summed E-state index contributed by atoms with van der Waals surface area (Å²) < 4.78 is 0. The summed E-state index contributed by atoms with van der Waals surface area (Å²) in [4.78, 5) is 15.3. The van der Waals surface area contributed by atoms with E-state index in [4.69, 9.17) is 0 Å². The zero-order valence-electron chi connectivity index (χ0n) is 9.90. The first kappa shape index (κ1) is 11.3. The molecular weight excluding hydrogens is 212 g/mol. The standard InChI is InChI=1S/C14H14N2O/c1-10(9-11(2)17)16-13-7-3-5-12-6-4-8-15-14(12)13/h3-9,16H,1-2H3. The Balaban J connectivity index is 2.39. The number of aromatic nitrogens is 1. The smallest absolute Gasteiger partial charge is 0.154 e. The second kappa shape index (κ2) is 4.78. The Labute approximate surface area is 100 Å². The van der Waals surface area contributed by atoms with Gasteiger partial charge in [-0.3, -0.25) is 9.78 Å². The predicted molar refractivity (Wildman–Crippen MR) is 69.8 cm³/mol. The van der Waals surface area contributed by atoms with Crippen LogP contribution in [0.4, 0.5) is 5.69 Å². The maximum Gasteiger partial charge on any atom is 0.154 e. The van der Waals surface area contributed by atoms with Crippen LogP contribution in [0.3, 0.4) is 0 Å². The summed E-state index contributed by atoms with van der Waals surface area (Å²) in [5, 5.41) is 4.27. The zero-order valence-corrected chi connectivity index (χ0v) is 9.90. The average molecular weight is 226 g/mol. The summed E-state index contributed by atoms with van der Waals surface area (Å²) >= 11 is 0. The third-order valence-electron chi connectivity index (χ3n) is 2.38. The van der Waals surface area contributed by atoms with Crippen molar-refractivity contribution in [1.29, 1.82) is 0 Å². The van der Waals surface area contributed by atoms with Crippen LogP contribution in [-0.4, -0.2) is 10.8 Å². The number of benzene rings is 1. The molecule has 2 rings (SSSR count). The molecule has 0 fully saturated rings. The number of nitrogens with zero attached hydrogens (tertiary/aromatic N) is 1. The first-order valence-corrected chi connectivity index (χ1v) is 5.46. The van der Waals surface area contributed by atoms with Gasteiger partial charge < -0.3 is 5.32 Å². The van der Waals surface area contributed by atoms with E-state index in [0.29, 0.717) is 0 Å². The molecule has 0 radical (unpaired) electrons. The molecule has 0 aliphatic heterocycles. The fourth-order valence-corrected chi connectivity index (χ4v) is 1.76. The molecule has 0 saturated heterocycles. The zero-order chi connectivity index (χ0) is 12.3. The van der Waals surface area contributed by atoms with Gasteiger partial charge in [0.25, 0.3) is 0 Å². The van der Waals surface area contributed by atoms with Crippen molar-refractivity contribution in [2.24, 2.45) is 0 Å². The van der Waals surface area contributed by atoms with Crippen LogP contribution in [0.2, 0.25) is 0 Å². The minimum Gasteiger partial charge on any atom is -0.357 e. The lowest BCUT2D eigenvalue weighted by Gasteiger charge is -2.08. The fraction of sp³-hybridized carbons (Fsp3) is 0.143. The normalized spacial score (nSPS) is 11.5. The summed E-state index contributed by atoms with van der Waals surface area (Å²) in [6.45, 7) is 3.40. The number of nitrogens with one attached hydrogen (secondary N) is 1. The summed E-state index contributed by atoms with van der Waals surface area (Å²) in [5.41, 5.74) is 2.64. The second-order valence-corrected chi connectivity index (χ2v) is 3.94. The van der Waals surface area contributed by atoms with Gasteiger partial charge in [0.15, 0.2) is 5.78 Å². The van der Waals surface area contributed by atoms with E-state index in [1.807, 2.05) is 37.3 Å². The molecule has 0 atom stereocenters. The van der Waals surface area contributed by atoms with Crippen molar-refractivity contribution in [2.45, 2.75) is 13.8 Å². The molecule has 2 aromatic rings. The van der Waals surface area contributed by atoms with E-state index in [2.05, 4.69) is 10.3 Å². The van der Waals surface area contributed by atoms with Crippen LogP contribution in [0.5, 0.6) is 0 Å². The van der Waals surface area contributed by atoms with E-state index in [1.54, 1.807) is 12.3 Å². The third kappa shape index (κ3) is 2.69. The quantitative estimate of drug-likeness (QED) is 0.817. The van der Waals surface area contributed by atoms with Crippen molar-refractivity contribution in [3.05, 3.63) is 48.3 Å². The maximum absolute atomic E-state index is 11.0.